The fraction of sp³-hybridized carbons (Fsp3) is 0.273. The lowest BCUT2D eigenvalue weighted by molar-refractivity contribution is 0.141. The molecule has 0 radical (unpaired) electrons. The third-order valence-electron chi connectivity index (χ3n) is 2.82. The van der Waals surface area contributed by atoms with E-state index in [2.05, 4.69) is 9.97 Å². The zero-order valence-electron chi connectivity index (χ0n) is 8.77. The summed E-state index contributed by atoms with van der Waals surface area (Å²) in [5.41, 5.74) is 0.357. The number of benzene rings is 1. The highest BCUT2D eigenvalue weighted by Crippen LogP contribution is 2.27. The van der Waals surface area contributed by atoms with E-state index in [4.69, 9.17) is 0 Å². The predicted octanol–water partition coefficient (Wildman–Crippen LogP) is 1.09. The van der Waals surface area contributed by atoms with E-state index in [1.165, 1.54) is 6.33 Å². The lowest BCUT2D eigenvalue weighted by Crippen LogP contribution is -2.51. The van der Waals surface area contributed by atoms with E-state index in [0.29, 0.717) is 29.8 Å². The van der Waals surface area contributed by atoms with Crippen molar-refractivity contribution in [1.82, 2.24) is 9.97 Å². The van der Waals surface area contributed by atoms with Gasteiger partial charge < -0.3 is 10.0 Å². The van der Waals surface area contributed by atoms with Crippen LogP contribution in [0.2, 0.25) is 0 Å². The Morgan fingerprint density at radius 3 is 2.59 bits per heavy atom. The zero-order chi connectivity index (χ0) is 12.0. The molecule has 0 amide bonds. The molecule has 0 saturated carbocycles. The molecule has 0 unspecified atom stereocenters. The number of fused-ring (bicyclic) bond motifs is 1. The molecule has 1 saturated heterocycles. The second-order valence-electron chi connectivity index (χ2n) is 4.04. The Balaban J connectivity index is 2.15. The number of aromatic nitrogens is 2. The van der Waals surface area contributed by atoms with Crippen molar-refractivity contribution in [1.29, 1.82) is 0 Å². The number of aliphatic hydroxyl groups is 1. The molecule has 88 valence electrons. The molecule has 0 aliphatic carbocycles. The van der Waals surface area contributed by atoms with Crippen LogP contribution in [0, 0.1) is 11.6 Å². The van der Waals surface area contributed by atoms with Crippen molar-refractivity contribution >= 4 is 16.7 Å². The highest BCUT2D eigenvalue weighted by molar-refractivity contribution is 5.89. The number of hydrogen-bond acceptors (Lipinski definition) is 4. The summed E-state index contributed by atoms with van der Waals surface area (Å²) in [5, 5.41) is 9.69. The SMILES string of the molecule is OC1CN(c2ncnc3cc(F)c(F)cc23)C1. The van der Waals surface area contributed by atoms with Crippen molar-refractivity contribution in [2.75, 3.05) is 18.0 Å². The van der Waals surface area contributed by atoms with Gasteiger partial charge in [0.05, 0.1) is 11.6 Å². The van der Waals surface area contributed by atoms with Crippen LogP contribution in [-0.4, -0.2) is 34.3 Å². The van der Waals surface area contributed by atoms with E-state index in [0.717, 1.165) is 12.1 Å². The normalized spacial score (nSPS) is 16.3. The average Bonchev–Trinajstić information content (AvgIpc) is 2.26. The number of halogens is 2. The summed E-state index contributed by atoms with van der Waals surface area (Å²) in [6.07, 6.45) is 0.921. The third-order valence-corrected chi connectivity index (χ3v) is 2.82. The molecule has 1 N–H and O–H groups in total. The first-order valence-corrected chi connectivity index (χ1v) is 5.18. The van der Waals surface area contributed by atoms with Gasteiger partial charge in [-0.15, -0.1) is 0 Å². The molecule has 0 bridgehead atoms. The summed E-state index contributed by atoms with van der Waals surface area (Å²) in [4.78, 5) is 9.74. The predicted molar refractivity (Wildman–Crippen MR) is 57.7 cm³/mol. The Bertz CT molecular complexity index is 584. The zero-order valence-corrected chi connectivity index (χ0v) is 8.77. The van der Waals surface area contributed by atoms with Gasteiger partial charge in [-0.25, -0.2) is 18.7 Å². The molecule has 0 spiro atoms. The molecule has 1 fully saturated rings. The summed E-state index contributed by atoms with van der Waals surface area (Å²) >= 11 is 0. The largest absolute Gasteiger partial charge is 0.389 e. The van der Waals surface area contributed by atoms with Crippen LogP contribution in [0.25, 0.3) is 10.9 Å². The first-order valence-electron chi connectivity index (χ1n) is 5.18. The fourth-order valence-corrected chi connectivity index (χ4v) is 1.92. The van der Waals surface area contributed by atoms with E-state index in [9.17, 15) is 13.9 Å². The number of rotatable bonds is 1. The van der Waals surface area contributed by atoms with Crippen LogP contribution in [0.3, 0.4) is 0 Å². The van der Waals surface area contributed by atoms with Gasteiger partial charge in [-0.3, -0.25) is 0 Å². The summed E-state index contributed by atoms with van der Waals surface area (Å²) < 4.78 is 26.2. The molecule has 2 heterocycles. The maximum atomic E-state index is 13.2. The van der Waals surface area contributed by atoms with Crippen LogP contribution in [-0.2, 0) is 0 Å². The van der Waals surface area contributed by atoms with Crippen LogP contribution >= 0.6 is 0 Å². The molecule has 3 rings (SSSR count). The van der Waals surface area contributed by atoms with Crippen molar-refractivity contribution in [3.05, 3.63) is 30.1 Å². The first kappa shape index (κ1) is 10.3. The standard InChI is InChI=1S/C11H9F2N3O/c12-8-1-7-10(2-9(8)13)14-5-15-11(7)16-3-6(17)4-16/h1-2,5-6,17H,3-4H2. The van der Waals surface area contributed by atoms with Crippen molar-refractivity contribution in [3.63, 3.8) is 0 Å². The van der Waals surface area contributed by atoms with Gasteiger partial charge in [0.25, 0.3) is 0 Å². The smallest absolute Gasteiger partial charge is 0.161 e. The third kappa shape index (κ3) is 1.61. The van der Waals surface area contributed by atoms with E-state index >= 15 is 0 Å². The summed E-state index contributed by atoms with van der Waals surface area (Å²) in [6, 6.07) is 2.14. The highest BCUT2D eigenvalue weighted by atomic mass is 19.2. The van der Waals surface area contributed by atoms with Crippen LogP contribution < -0.4 is 4.90 Å². The Labute approximate surface area is 95.5 Å². The van der Waals surface area contributed by atoms with E-state index in [1.807, 2.05) is 0 Å². The minimum atomic E-state index is -0.925. The van der Waals surface area contributed by atoms with E-state index in [-0.39, 0.29) is 6.10 Å². The molecular weight excluding hydrogens is 228 g/mol. The molecule has 1 aromatic carbocycles. The molecule has 6 heteroatoms. The first-order chi connectivity index (χ1) is 8.15. The van der Waals surface area contributed by atoms with Gasteiger partial charge in [0.2, 0.25) is 0 Å². The lowest BCUT2D eigenvalue weighted by Gasteiger charge is -2.37. The monoisotopic (exact) mass is 237 g/mol. The van der Waals surface area contributed by atoms with Crippen molar-refractivity contribution < 1.29 is 13.9 Å². The fourth-order valence-electron chi connectivity index (χ4n) is 1.92. The number of β-amino-alcohol motifs (C(OH)–C–C–N with tert-alkyl or cyclic N) is 1. The molecule has 1 aliphatic rings. The van der Waals surface area contributed by atoms with Gasteiger partial charge in [-0.1, -0.05) is 0 Å². The molecule has 4 nitrogen and oxygen atoms in total. The van der Waals surface area contributed by atoms with Crippen LogP contribution in [0.4, 0.5) is 14.6 Å². The summed E-state index contributed by atoms with van der Waals surface area (Å²) in [6.45, 7) is 0.899. The van der Waals surface area contributed by atoms with E-state index in [1.54, 1.807) is 4.90 Å². The average molecular weight is 237 g/mol. The Hall–Kier alpha value is -1.82. The number of nitrogens with zero attached hydrogens (tertiary/aromatic N) is 3. The lowest BCUT2D eigenvalue weighted by atomic mass is 10.1. The molecule has 1 aliphatic heterocycles. The number of aliphatic hydroxyl groups excluding tert-OH is 1. The second kappa shape index (κ2) is 3.59. The van der Waals surface area contributed by atoms with Crippen molar-refractivity contribution in [3.8, 4) is 0 Å². The Morgan fingerprint density at radius 1 is 1.18 bits per heavy atom. The summed E-state index contributed by atoms with van der Waals surface area (Å²) in [5.74, 6) is -1.32. The van der Waals surface area contributed by atoms with Gasteiger partial charge in [-0.2, -0.15) is 0 Å². The number of hydrogen-bond donors (Lipinski definition) is 1. The maximum absolute atomic E-state index is 13.2. The molecule has 2 aromatic rings. The second-order valence-corrected chi connectivity index (χ2v) is 4.04. The van der Waals surface area contributed by atoms with Gasteiger partial charge in [0.1, 0.15) is 12.1 Å². The van der Waals surface area contributed by atoms with Gasteiger partial charge in [0, 0.05) is 24.5 Å². The van der Waals surface area contributed by atoms with Gasteiger partial charge >= 0.3 is 0 Å². The van der Waals surface area contributed by atoms with Crippen LogP contribution in [0.15, 0.2) is 18.5 Å². The quantitative estimate of drug-likeness (QED) is 0.806. The van der Waals surface area contributed by atoms with Crippen molar-refractivity contribution in [2.45, 2.75) is 6.10 Å². The maximum Gasteiger partial charge on any atom is 0.161 e. The summed E-state index contributed by atoms with van der Waals surface area (Å²) in [7, 11) is 0. The van der Waals surface area contributed by atoms with Gasteiger partial charge in [-0.05, 0) is 6.07 Å². The number of anilines is 1. The minimum absolute atomic E-state index is 0.357. The van der Waals surface area contributed by atoms with Crippen LogP contribution in [0.1, 0.15) is 0 Å². The van der Waals surface area contributed by atoms with Crippen LogP contribution in [0.5, 0.6) is 0 Å². The Morgan fingerprint density at radius 2 is 1.88 bits per heavy atom. The molecule has 0 atom stereocenters. The molecular formula is C11H9F2N3O. The van der Waals surface area contributed by atoms with Crippen molar-refractivity contribution in [2.24, 2.45) is 0 Å². The topological polar surface area (TPSA) is 49.2 Å². The Kier molecular flexibility index (Phi) is 2.19. The molecule has 17 heavy (non-hydrogen) atoms. The molecule has 1 aromatic heterocycles. The minimum Gasteiger partial charge on any atom is -0.389 e. The van der Waals surface area contributed by atoms with E-state index < -0.39 is 11.6 Å². The highest BCUT2D eigenvalue weighted by Gasteiger charge is 2.27. The van der Waals surface area contributed by atoms with Gasteiger partial charge in [0.15, 0.2) is 11.6 Å².